The van der Waals surface area contributed by atoms with Crippen LogP contribution in [0.2, 0.25) is 0 Å². The molecule has 0 radical (unpaired) electrons. The number of hydrogen-bond acceptors (Lipinski definition) is 3. The van der Waals surface area contributed by atoms with Crippen LogP contribution in [0.1, 0.15) is 26.3 Å². The molecule has 1 saturated heterocycles. The number of pyridine rings is 1. The van der Waals surface area contributed by atoms with Crippen LogP contribution in [0, 0.1) is 5.82 Å². The molecular weight excluding hydrogens is 219 g/mol. The van der Waals surface area contributed by atoms with Crippen LogP contribution in [-0.2, 0) is 5.41 Å². The van der Waals surface area contributed by atoms with E-state index in [1.807, 2.05) is 27.8 Å². The fraction of sp³-hybridized carbons (Fsp3) is 0.615. The van der Waals surface area contributed by atoms with E-state index in [2.05, 4.69) is 9.88 Å². The van der Waals surface area contributed by atoms with Crippen molar-refractivity contribution in [1.29, 1.82) is 0 Å². The molecule has 0 amide bonds. The summed E-state index contributed by atoms with van der Waals surface area (Å²) < 4.78 is 19.3. The zero-order chi connectivity index (χ0) is 12.6. The van der Waals surface area contributed by atoms with Gasteiger partial charge in [-0.2, -0.15) is 0 Å². The van der Waals surface area contributed by atoms with Crippen LogP contribution in [0.25, 0.3) is 0 Å². The number of likely N-dealkylation sites (N-methyl/N-ethyl adjacent to an activating group) is 1. The zero-order valence-electron chi connectivity index (χ0n) is 10.8. The van der Waals surface area contributed by atoms with E-state index < -0.39 is 0 Å². The Morgan fingerprint density at radius 2 is 2.06 bits per heavy atom. The number of hydrogen-bond donors (Lipinski definition) is 0. The Bertz CT molecular complexity index is 408. The predicted molar refractivity (Wildman–Crippen MR) is 64.8 cm³/mol. The molecule has 0 aromatic carbocycles. The fourth-order valence-corrected chi connectivity index (χ4v) is 1.80. The molecule has 0 unspecified atom stereocenters. The Morgan fingerprint density at radius 1 is 1.41 bits per heavy atom. The van der Waals surface area contributed by atoms with Gasteiger partial charge in [0.1, 0.15) is 6.10 Å². The van der Waals surface area contributed by atoms with Crippen molar-refractivity contribution in [1.82, 2.24) is 9.88 Å². The van der Waals surface area contributed by atoms with Gasteiger partial charge >= 0.3 is 0 Å². The Morgan fingerprint density at radius 3 is 2.53 bits per heavy atom. The summed E-state index contributed by atoms with van der Waals surface area (Å²) in [7, 11) is 2.01. The van der Waals surface area contributed by atoms with Gasteiger partial charge in [-0.3, -0.25) is 4.90 Å². The second-order valence-corrected chi connectivity index (χ2v) is 5.72. The van der Waals surface area contributed by atoms with E-state index in [9.17, 15) is 4.39 Å². The zero-order valence-corrected chi connectivity index (χ0v) is 10.8. The second-order valence-electron chi connectivity index (χ2n) is 5.72. The molecule has 2 heterocycles. The lowest BCUT2D eigenvalue weighted by molar-refractivity contribution is 0.0325. The van der Waals surface area contributed by atoms with Gasteiger partial charge in [0.15, 0.2) is 5.82 Å². The standard InChI is InChI=1S/C13H19FN2O/c1-13(2,3)9-5-11(14)12(15-6-9)17-10-7-16(4)8-10/h5-6,10H,7-8H2,1-4H3. The van der Waals surface area contributed by atoms with E-state index in [0.717, 1.165) is 18.7 Å². The van der Waals surface area contributed by atoms with Crippen LogP contribution >= 0.6 is 0 Å². The van der Waals surface area contributed by atoms with Gasteiger partial charge in [0.25, 0.3) is 5.88 Å². The van der Waals surface area contributed by atoms with Gasteiger partial charge in [-0.05, 0) is 24.1 Å². The maximum atomic E-state index is 13.8. The van der Waals surface area contributed by atoms with Gasteiger partial charge < -0.3 is 4.74 Å². The number of nitrogens with zero attached hydrogens (tertiary/aromatic N) is 2. The molecule has 1 aliphatic rings. The van der Waals surface area contributed by atoms with Gasteiger partial charge in [0.05, 0.1) is 0 Å². The van der Waals surface area contributed by atoms with Crippen LogP contribution in [0.3, 0.4) is 0 Å². The summed E-state index contributed by atoms with van der Waals surface area (Å²) in [5.41, 5.74) is 0.788. The van der Waals surface area contributed by atoms with Crippen molar-refractivity contribution in [2.75, 3.05) is 20.1 Å². The highest BCUT2D eigenvalue weighted by Crippen LogP contribution is 2.26. The lowest BCUT2D eigenvalue weighted by Gasteiger charge is -2.35. The predicted octanol–water partition coefficient (Wildman–Crippen LogP) is 2.21. The van der Waals surface area contributed by atoms with Crippen LogP contribution in [0.4, 0.5) is 4.39 Å². The molecule has 17 heavy (non-hydrogen) atoms. The van der Waals surface area contributed by atoms with E-state index in [4.69, 9.17) is 4.74 Å². The lowest BCUT2D eigenvalue weighted by atomic mass is 9.88. The number of halogens is 1. The van der Waals surface area contributed by atoms with E-state index in [-0.39, 0.29) is 23.2 Å². The van der Waals surface area contributed by atoms with Crippen LogP contribution in [0.5, 0.6) is 5.88 Å². The van der Waals surface area contributed by atoms with E-state index in [1.165, 1.54) is 6.07 Å². The van der Waals surface area contributed by atoms with Crippen molar-refractivity contribution in [3.8, 4) is 5.88 Å². The van der Waals surface area contributed by atoms with Gasteiger partial charge in [-0.1, -0.05) is 20.8 Å². The first-order valence-electron chi connectivity index (χ1n) is 5.87. The highest BCUT2D eigenvalue weighted by Gasteiger charge is 2.26. The minimum atomic E-state index is -0.369. The van der Waals surface area contributed by atoms with Crippen LogP contribution in [-0.4, -0.2) is 36.1 Å². The number of ether oxygens (including phenoxy) is 1. The lowest BCUT2D eigenvalue weighted by Crippen LogP contribution is -2.51. The van der Waals surface area contributed by atoms with Crippen molar-refractivity contribution in [2.45, 2.75) is 32.3 Å². The molecule has 2 rings (SSSR count). The van der Waals surface area contributed by atoms with E-state index >= 15 is 0 Å². The first-order valence-corrected chi connectivity index (χ1v) is 5.87. The summed E-state index contributed by atoms with van der Waals surface area (Å²) in [5, 5.41) is 0. The summed E-state index contributed by atoms with van der Waals surface area (Å²) in [4.78, 5) is 6.19. The maximum absolute atomic E-state index is 13.8. The van der Waals surface area contributed by atoms with Crippen molar-refractivity contribution < 1.29 is 9.13 Å². The first-order chi connectivity index (χ1) is 7.86. The van der Waals surface area contributed by atoms with Crippen molar-refractivity contribution in [3.63, 3.8) is 0 Å². The molecular formula is C13H19FN2O. The molecule has 1 aliphatic heterocycles. The molecule has 0 aliphatic carbocycles. The molecule has 1 aromatic rings. The number of aromatic nitrogens is 1. The number of rotatable bonds is 2. The average molecular weight is 238 g/mol. The smallest absolute Gasteiger partial charge is 0.250 e. The summed E-state index contributed by atoms with van der Waals surface area (Å²) in [5.74, 6) is -0.247. The summed E-state index contributed by atoms with van der Waals surface area (Å²) in [6.45, 7) is 7.77. The largest absolute Gasteiger partial charge is 0.470 e. The van der Waals surface area contributed by atoms with Crippen molar-refractivity contribution in [3.05, 3.63) is 23.6 Å². The Labute approximate surface area is 102 Å². The monoisotopic (exact) mass is 238 g/mol. The molecule has 0 spiro atoms. The average Bonchev–Trinajstić information content (AvgIpc) is 2.16. The van der Waals surface area contributed by atoms with Crippen LogP contribution in [0.15, 0.2) is 12.3 Å². The molecule has 4 heteroatoms. The Kier molecular flexibility index (Phi) is 3.08. The SMILES string of the molecule is CN1CC(Oc2ncc(C(C)(C)C)cc2F)C1. The summed E-state index contributed by atoms with van der Waals surface area (Å²) in [6.07, 6.45) is 1.77. The minimum Gasteiger partial charge on any atom is -0.470 e. The van der Waals surface area contributed by atoms with Gasteiger partial charge in [-0.25, -0.2) is 9.37 Å². The van der Waals surface area contributed by atoms with Crippen molar-refractivity contribution in [2.24, 2.45) is 0 Å². The summed E-state index contributed by atoms with van der Waals surface area (Å²) in [6, 6.07) is 1.52. The molecule has 94 valence electrons. The molecule has 1 aromatic heterocycles. The van der Waals surface area contributed by atoms with Gasteiger partial charge in [0, 0.05) is 19.3 Å². The third-order valence-electron chi connectivity index (χ3n) is 2.98. The Balaban J connectivity index is 2.09. The van der Waals surface area contributed by atoms with Crippen LogP contribution < -0.4 is 4.74 Å². The Hall–Kier alpha value is -1.16. The molecule has 0 bridgehead atoms. The minimum absolute atomic E-state index is 0.0717. The summed E-state index contributed by atoms with van der Waals surface area (Å²) >= 11 is 0. The highest BCUT2D eigenvalue weighted by atomic mass is 19.1. The van der Waals surface area contributed by atoms with E-state index in [0.29, 0.717) is 0 Å². The van der Waals surface area contributed by atoms with E-state index in [1.54, 1.807) is 6.20 Å². The third-order valence-corrected chi connectivity index (χ3v) is 2.98. The molecule has 0 N–H and O–H groups in total. The molecule has 1 fully saturated rings. The van der Waals surface area contributed by atoms with Gasteiger partial charge in [-0.15, -0.1) is 0 Å². The maximum Gasteiger partial charge on any atom is 0.250 e. The fourth-order valence-electron chi connectivity index (χ4n) is 1.80. The molecule has 0 atom stereocenters. The number of likely N-dealkylation sites (tertiary alicyclic amines) is 1. The second kappa shape index (κ2) is 4.26. The highest BCUT2D eigenvalue weighted by molar-refractivity contribution is 5.25. The molecule has 3 nitrogen and oxygen atoms in total. The normalized spacial score (nSPS) is 17.9. The topological polar surface area (TPSA) is 25.4 Å². The molecule has 0 saturated carbocycles. The quantitative estimate of drug-likeness (QED) is 0.790. The third kappa shape index (κ3) is 2.75. The van der Waals surface area contributed by atoms with Crippen molar-refractivity contribution >= 4 is 0 Å². The first kappa shape index (κ1) is 12.3. The van der Waals surface area contributed by atoms with Gasteiger partial charge in [0.2, 0.25) is 0 Å².